The molecule has 0 bridgehead atoms. The van der Waals surface area contributed by atoms with Gasteiger partial charge in [-0.25, -0.2) is 4.39 Å². The number of carbonyl (C=O) groups excluding carboxylic acids is 1. The summed E-state index contributed by atoms with van der Waals surface area (Å²) in [5.74, 6) is -1.07. The second-order valence-corrected chi connectivity index (χ2v) is 5.30. The fourth-order valence-corrected chi connectivity index (χ4v) is 2.14. The summed E-state index contributed by atoms with van der Waals surface area (Å²) in [5, 5.41) is 4.31. The molecule has 112 valence electrons. The van der Waals surface area contributed by atoms with E-state index in [-0.39, 0.29) is 22.0 Å². The van der Waals surface area contributed by atoms with Crippen molar-refractivity contribution in [2.75, 3.05) is 26.4 Å². The first-order valence-electron chi connectivity index (χ1n) is 6.36. The van der Waals surface area contributed by atoms with Crippen molar-refractivity contribution in [2.45, 2.75) is 6.54 Å². The number of hydrogen-bond acceptors (Lipinski definition) is 4. The second-order valence-electron chi connectivity index (χ2n) is 4.90. The third-order valence-electron chi connectivity index (χ3n) is 3.07. The van der Waals surface area contributed by atoms with Crippen LogP contribution in [0.2, 0.25) is 5.02 Å². The summed E-state index contributed by atoms with van der Waals surface area (Å²) in [6.45, 7) is 1.19. The Morgan fingerprint density at radius 3 is 2.86 bits per heavy atom. The number of para-hydroxylation sites is 1. The summed E-state index contributed by atoms with van der Waals surface area (Å²) in [6, 6.07) is 4.12. The Hall–Kier alpha value is -1.92. The molecule has 0 radical (unpaired) electrons. The molecule has 0 amide bonds. The van der Waals surface area contributed by atoms with Crippen molar-refractivity contribution in [3.63, 3.8) is 0 Å². The van der Waals surface area contributed by atoms with Crippen LogP contribution in [0.5, 0.6) is 0 Å². The Morgan fingerprint density at radius 2 is 2.19 bits per heavy atom. The van der Waals surface area contributed by atoms with Gasteiger partial charge in [0.05, 0.1) is 29.0 Å². The molecule has 0 atom stereocenters. The van der Waals surface area contributed by atoms with Gasteiger partial charge in [0.1, 0.15) is 11.5 Å². The summed E-state index contributed by atoms with van der Waals surface area (Å²) in [4.78, 5) is 14.5. The van der Waals surface area contributed by atoms with Crippen LogP contribution in [0.4, 0.5) is 10.1 Å². The normalized spacial score (nSPS) is 11.1. The zero-order chi connectivity index (χ0) is 15.6. The zero-order valence-corrected chi connectivity index (χ0v) is 12.6. The summed E-state index contributed by atoms with van der Waals surface area (Å²) >= 11 is 6.04. The molecule has 2 rings (SSSR count). The predicted octanol–water partition coefficient (Wildman–Crippen LogP) is 2.05. The molecular weight excluding hydrogens is 295 g/mol. The minimum Gasteiger partial charge on any atom is -0.396 e. The van der Waals surface area contributed by atoms with Crippen LogP contribution < -0.4 is 5.73 Å². The van der Waals surface area contributed by atoms with Crippen molar-refractivity contribution in [3.05, 3.63) is 46.5 Å². The number of carbonyl (C=O) groups is 1. The van der Waals surface area contributed by atoms with Crippen LogP contribution in [-0.2, 0) is 6.54 Å². The average molecular weight is 311 g/mol. The number of likely N-dealkylation sites (N-methyl/N-ethyl adjacent to an activating group) is 1. The molecule has 0 saturated carbocycles. The maximum atomic E-state index is 13.5. The van der Waals surface area contributed by atoms with Crippen LogP contribution in [0.3, 0.4) is 0 Å². The summed E-state index contributed by atoms with van der Waals surface area (Å²) < 4.78 is 15.0. The topological polar surface area (TPSA) is 64.2 Å². The van der Waals surface area contributed by atoms with Gasteiger partial charge in [-0.1, -0.05) is 17.7 Å². The molecule has 2 aromatic rings. The van der Waals surface area contributed by atoms with Crippen molar-refractivity contribution < 1.29 is 9.18 Å². The zero-order valence-electron chi connectivity index (χ0n) is 11.8. The molecule has 1 heterocycles. The molecule has 0 saturated heterocycles. The molecular formula is C14H16ClFN4O. The number of ketones is 1. The molecule has 2 N–H and O–H groups in total. The number of benzene rings is 1. The molecule has 0 aliphatic carbocycles. The molecule has 21 heavy (non-hydrogen) atoms. The van der Waals surface area contributed by atoms with Crippen LogP contribution in [0.1, 0.15) is 16.1 Å². The molecule has 0 fully saturated rings. The van der Waals surface area contributed by atoms with Gasteiger partial charge in [-0.3, -0.25) is 9.48 Å². The smallest absolute Gasteiger partial charge is 0.214 e. The van der Waals surface area contributed by atoms with Crippen molar-refractivity contribution in [3.8, 4) is 0 Å². The number of halogens is 2. The largest absolute Gasteiger partial charge is 0.396 e. The summed E-state index contributed by atoms with van der Waals surface area (Å²) in [5.41, 5.74) is 5.76. The van der Waals surface area contributed by atoms with E-state index in [4.69, 9.17) is 17.3 Å². The second kappa shape index (κ2) is 6.24. The van der Waals surface area contributed by atoms with Crippen LogP contribution in [0.25, 0.3) is 0 Å². The molecule has 5 nitrogen and oxygen atoms in total. The predicted molar refractivity (Wildman–Crippen MR) is 80.0 cm³/mol. The number of nitrogens with zero attached hydrogens (tertiary/aromatic N) is 3. The average Bonchev–Trinajstić information content (AvgIpc) is 2.80. The minimum absolute atomic E-state index is 0.0866. The SMILES string of the molecule is CN(C)CCn1ncc(Cl)c1C(=O)c1cccc(F)c1N. The fourth-order valence-electron chi connectivity index (χ4n) is 1.92. The lowest BCUT2D eigenvalue weighted by molar-refractivity contribution is 0.102. The molecule has 0 aliphatic heterocycles. The van der Waals surface area contributed by atoms with Crippen molar-refractivity contribution in [1.82, 2.24) is 14.7 Å². The van der Waals surface area contributed by atoms with Gasteiger partial charge in [0.25, 0.3) is 0 Å². The van der Waals surface area contributed by atoms with E-state index in [0.29, 0.717) is 13.1 Å². The number of hydrogen-bond donors (Lipinski definition) is 1. The fraction of sp³-hybridized carbons (Fsp3) is 0.286. The minimum atomic E-state index is -0.628. The number of nitrogens with two attached hydrogens (primary N) is 1. The van der Waals surface area contributed by atoms with Crippen LogP contribution in [0.15, 0.2) is 24.4 Å². The standard InChI is InChI=1S/C14H16ClFN4O/c1-19(2)6-7-20-13(10(15)8-18-20)14(21)9-4-3-5-11(16)12(9)17/h3-5,8H,6-7,17H2,1-2H3. The van der Waals surface area contributed by atoms with E-state index in [1.165, 1.54) is 29.1 Å². The molecule has 7 heteroatoms. The van der Waals surface area contributed by atoms with Gasteiger partial charge in [-0.15, -0.1) is 0 Å². The Bertz CT molecular complexity index is 669. The lowest BCUT2D eigenvalue weighted by atomic mass is 10.1. The van der Waals surface area contributed by atoms with Gasteiger partial charge in [-0.05, 0) is 26.2 Å². The number of anilines is 1. The highest BCUT2D eigenvalue weighted by Crippen LogP contribution is 2.24. The highest BCUT2D eigenvalue weighted by Gasteiger charge is 2.22. The van der Waals surface area contributed by atoms with E-state index in [9.17, 15) is 9.18 Å². The highest BCUT2D eigenvalue weighted by atomic mass is 35.5. The van der Waals surface area contributed by atoms with Gasteiger partial charge >= 0.3 is 0 Å². The maximum Gasteiger partial charge on any atom is 0.214 e. The van der Waals surface area contributed by atoms with E-state index >= 15 is 0 Å². The number of aromatic nitrogens is 2. The number of nitrogen functional groups attached to an aromatic ring is 1. The van der Waals surface area contributed by atoms with Crippen molar-refractivity contribution >= 4 is 23.1 Å². The lowest BCUT2D eigenvalue weighted by Gasteiger charge is -2.12. The van der Waals surface area contributed by atoms with Crippen molar-refractivity contribution in [1.29, 1.82) is 0 Å². The molecule has 0 aliphatic rings. The van der Waals surface area contributed by atoms with E-state index < -0.39 is 11.6 Å². The number of rotatable bonds is 5. The Labute approximate surface area is 127 Å². The Morgan fingerprint density at radius 1 is 1.48 bits per heavy atom. The van der Waals surface area contributed by atoms with Crippen LogP contribution >= 0.6 is 11.6 Å². The third-order valence-corrected chi connectivity index (χ3v) is 3.34. The Kier molecular flexibility index (Phi) is 4.59. The molecule has 0 spiro atoms. The monoisotopic (exact) mass is 310 g/mol. The third kappa shape index (κ3) is 3.22. The Balaban J connectivity index is 2.39. The molecule has 1 aromatic heterocycles. The van der Waals surface area contributed by atoms with Gasteiger partial charge in [-0.2, -0.15) is 5.10 Å². The van der Waals surface area contributed by atoms with Crippen LogP contribution in [-0.4, -0.2) is 41.1 Å². The first-order valence-corrected chi connectivity index (χ1v) is 6.74. The van der Waals surface area contributed by atoms with Crippen molar-refractivity contribution in [2.24, 2.45) is 0 Å². The van der Waals surface area contributed by atoms with Gasteiger partial charge < -0.3 is 10.6 Å². The van der Waals surface area contributed by atoms with Gasteiger partial charge in [0.2, 0.25) is 5.78 Å². The molecule has 0 unspecified atom stereocenters. The maximum absolute atomic E-state index is 13.5. The first kappa shape index (κ1) is 15.5. The quantitative estimate of drug-likeness (QED) is 0.678. The van der Waals surface area contributed by atoms with E-state index in [1.54, 1.807) is 0 Å². The van der Waals surface area contributed by atoms with E-state index in [0.717, 1.165) is 0 Å². The summed E-state index contributed by atoms with van der Waals surface area (Å²) in [7, 11) is 3.83. The summed E-state index contributed by atoms with van der Waals surface area (Å²) in [6.07, 6.45) is 1.40. The van der Waals surface area contributed by atoms with Gasteiger partial charge in [0, 0.05) is 6.54 Å². The van der Waals surface area contributed by atoms with Crippen LogP contribution in [0, 0.1) is 5.82 Å². The highest BCUT2D eigenvalue weighted by molar-refractivity contribution is 6.34. The van der Waals surface area contributed by atoms with Gasteiger partial charge in [0.15, 0.2) is 0 Å². The van der Waals surface area contributed by atoms with E-state index in [1.807, 2.05) is 19.0 Å². The molecule has 1 aromatic carbocycles. The first-order chi connectivity index (χ1) is 9.91. The van der Waals surface area contributed by atoms with E-state index in [2.05, 4.69) is 5.10 Å². The lowest BCUT2D eigenvalue weighted by Crippen LogP contribution is -2.22.